The van der Waals surface area contributed by atoms with Crippen LogP contribution >= 0.6 is 0 Å². The van der Waals surface area contributed by atoms with Crippen molar-refractivity contribution in [2.75, 3.05) is 92.5 Å². The largest absolute Gasteiger partial charge is 0.462 e. The van der Waals surface area contributed by atoms with Crippen LogP contribution in [0.3, 0.4) is 0 Å². The maximum atomic E-state index is 11.2. The molecule has 0 unspecified atom stereocenters. The van der Waals surface area contributed by atoms with E-state index < -0.39 is 0 Å². The fraction of sp³-hybridized carbons (Fsp3) is 0.880. The SMILES string of the molecule is C=C(C)C(=O)OCCCOCCCOCCCOCCCOCCCOCCCOCCCO. The molecule has 0 rings (SSSR count). The number of ether oxygens (including phenoxy) is 7. The van der Waals surface area contributed by atoms with E-state index >= 15 is 0 Å². The highest BCUT2D eigenvalue weighted by molar-refractivity contribution is 5.86. The Hall–Kier alpha value is -1.07. The average molecular weight is 493 g/mol. The maximum absolute atomic E-state index is 11.2. The van der Waals surface area contributed by atoms with Crippen LogP contribution in [-0.2, 0) is 38.0 Å². The van der Waals surface area contributed by atoms with Crippen molar-refractivity contribution in [1.29, 1.82) is 0 Å². The van der Waals surface area contributed by atoms with Crippen LogP contribution in [0.5, 0.6) is 0 Å². The summed E-state index contributed by atoms with van der Waals surface area (Å²) in [5, 5.41) is 8.63. The number of esters is 1. The second kappa shape index (κ2) is 28.2. The number of carbonyl (C=O) groups excluding carboxylic acids is 1. The molecule has 0 aromatic carbocycles. The first-order chi connectivity index (χ1) is 16.7. The monoisotopic (exact) mass is 492 g/mol. The first kappa shape index (κ1) is 32.9. The smallest absolute Gasteiger partial charge is 0.333 e. The maximum Gasteiger partial charge on any atom is 0.333 e. The lowest BCUT2D eigenvalue weighted by Gasteiger charge is -2.08. The summed E-state index contributed by atoms with van der Waals surface area (Å²) in [7, 11) is 0. The van der Waals surface area contributed by atoms with E-state index in [1.54, 1.807) is 6.92 Å². The van der Waals surface area contributed by atoms with E-state index in [4.69, 9.17) is 38.3 Å². The number of hydrogen-bond acceptors (Lipinski definition) is 9. The molecule has 0 spiro atoms. The molecule has 0 fully saturated rings. The Morgan fingerprint density at radius 2 is 0.794 bits per heavy atom. The summed E-state index contributed by atoms with van der Waals surface area (Å²) in [6.07, 6.45) is 5.74. The Kier molecular flexibility index (Phi) is 27.3. The van der Waals surface area contributed by atoms with Crippen molar-refractivity contribution in [3.05, 3.63) is 12.2 Å². The van der Waals surface area contributed by atoms with Gasteiger partial charge in [-0.25, -0.2) is 4.79 Å². The summed E-state index contributed by atoms with van der Waals surface area (Å²) in [5.41, 5.74) is 0.413. The lowest BCUT2D eigenvalue weighted by atomic mass is 10.4. The number of carbonyl (C=O) groups is 1. The third-order valence-corrected chi connectivity index (χ3v) is 4.35. The number of rotatable bonds is 28. The molecule has 0 aromatic heterocycles. The molecule has 0 aliphatic rings. The van der Waals surface area contributed by atoms with Gasteiger partial charge in [-0.05, 0) is 45.4 Å². The predicted octanol–water partition coefficient (Wildman–Crippen LogP) is 2.93. The molecular weight excluding hydrogens is 444 g/mol. The van der Waals surface area contributed by atoms with Crippen molar-refractivity contribution >= 4 is 5.97 Å². The Bertz CT molecular complexity index is 446. The molecule has 0 heterocycles. The molecule has 1 N–H and O–H groups in total. The summed E-state index contributed by atoms with van der Waals surface area (Å²) in [4.78, 5) is 11.2. The topological polar surface area (TPSA) is 102 Å². The zero-order valence-electron chi connectivity index (χ0n) is 21.3. The molecular formula is C25H48O9. The van der Waals surface area contributed by atoms with Gasteiger partial charge in [0.05, 0.1) is 6.61 Å². The Morgan fingerprint density at radius 3 is 1.06 bits per heavy atom. The van der Waals surface area contributed by atoms with Gasteiger partial charge < -0.3 is 38.3 Å². The van der Waals surface area contributed by atoms with E-state index in [2.05, 4.69) is 6.58 Å². The summed E-state index contributed by atoms with van der Waals surface area (Å²) in [6.45, 7) is 13.7. The standard InChI is InChI=1S/C25H48O9/c1-24(2)25(27)34-23-9-22-33-21-8-20-32-19-7-18-31-17-6-16-30-15-5-14-29-13-4-12-28-11-3-10-26/h26H,1,3-23H2,2H3. The molecule has 0 aromatic rings. The van der Waals surface area contributed by atoms with Gasteiger partial charge in [-0.2, -0.15) is 0 Å². The van der Waals surface area contributed by atoms with Crippen molar-refractivity contribution in [3.63, 3.8) is 0 Å². The van der Waals surface area contributed by atoms with Crippen molar-refractivity contribution < 1.29 is 43.1 Å². The zero-order chi connectivity index (χ0) is 25.0. The Balaban J connectivity index is 3.05. The van der Waals surface area contributed by atoms with Gasteiger partial charge in [0.1, 0.15) is 0 Å². The van der Waals surface area contributed by atoms with Crippen LogP contribution in [0.4, 0.5) is 0 Å². The van der Waals surface area contributed by atoms with Crippen LogP contribution in [0.2, 0.25) is 0 Å². The van der Waals surface area contributed by atoms with Crippen molar-refractivity contribution in [2.24, 2.45) is 0 Å². The molecule has 0 radical (unpaired) electrons. The number of hydrogen-bond donors (Lipinski definition) is 1. The molecule has 0 aliphatic heterocycles. The van der Waals surface area contributed by atoms with Gasteiger partial charge in [-0.15, -0.1) is 0 Å². The molecule has 0 atom stereocenters. The van der Waals surface area contributed by atoms with Gasteiger partial charge in [0.15, 0.2) is 0 Å². The van der Waals surface area contributed by atoms with Crippen LogP contribution in [0, 0.1) is 0 Å². The van der Waals surface area contributed by atoms with Crippen molar-refractivity contribution in [1.82, 2.24) is 0 Å². The summed E-state index contributed by atoms with van der Waals surface area (Å²) in [5.74, 6) is -0.354. The number of aliphatic hydroxyl groups excluding tert-OH is 1. The van der Waals surface area contributed by atoms with E-state index in [1.165, 1.54) is 0 Å². The van der Waals surface area contributed by atoms with Gasteiger partial charge >= 0.3 is 5.97 Å². The Morgan fingerprint density at radius 1 is 0.529 bits per heavy atom. The molecule has 0 saturated carbocycles. The van der Waals surface area contributed by atoms with E-state index in [-0.39, 0.29) is 12.6 Å². The first-order valence-corrected chi connectivity index (χ1v) is 12.6. The van der Waals surface area contributed by atoms with Crippen molar-refractivity contribution in [2.45, 2.75) is 51.9 Å². The third-order valence-electron chi connectivity index (χ3n) is 4.35. The van der Waals surface area contributed by atoms with E-state index in [0.29, 0.717) is 104 Å². The molecule has 0 aliphatic carbocycles. The normalized spacial score (nSPS) is 11.1. The molecule has 9 heteroatoms. The Labute approximate surface area is 206 Å². The van der Waals surface area contributed by atoms with Gasteiger partial charge in [0.2, 0.25) is 0 Å². The molecule has 9 nitrogen and oxygen atoms in total. The molecule has 202 valence electrons. The van der Waals surface area contributed by atoms with Crippen molar-refractivity contribution in [3.8, 4) is 0 Å². The van der Waals surface area contributed by atoms with Crippen LogP contribution in [-0.4, -0.2) is 104 Å². The molecule has 0 saturated heterocycles. The van der Waals surface area contributed by atoms with Gasteiger partial charge in [0.25, 0.3) is 0 Å². The van der Waals surface area contributed by atoms with Gasteiger partial charge in [0, 0.05) is 97.9 Å². The quantitative estimate of drug-likeness (QED) is 0.100. The highest BCUT2D eigenvalue weighted by Gasteiger charge is 2.01. The number of aliphatic hydroxyl groups is 1. The van der Waals surface area contributed by atoms with Crippen LogP contribution in [0.15, 0.2) is 12.2 Å². The second-order valence-corrected chi connectivity index (χ2v) is 7.79. The van der Waals surface area contributed by atoms with Gasteiger partial charge in [-0.3, -0.25) is 0 Å². The summed E-state index contributed by atoms with van der Waals surface area (Å²) in [6, 6.07) is 0. The minimum Gasteiger partial charge on any atom is -0.462 e. The summed E-state index contributed by atoms with van der Waals surface area (Å²) < 4.78 is 38.0. The van der Waals surface area contributed by atoms with Crippen LogP contribution in [0.25, 0.3) is 0 Å². The minimum atomic E-state index is -0.354. The lowest BCUT2D eigenvalue weighted by Crippen LogP contribution is -2.09. The molecule has 34 heavy (non-hydrogen) atoms. The van der Waals surface area contributed by atoms with E-state index in [9.17, 15) is 4.79 Å². The zero-order valence-corrected chi connectivity index (χ0v) is 21.3. The van der Waals surface area contributed by atoms with Gasteiger partial charge in [-0.1, -0.05) is 6.58 Å². The first-order valence-electron chi connectivity index (χ1n) is 12.6. The fourth-order valence-corrected chi connectivity index (χ4v) is 2.54. The third kappa shape index (κ3) is 27.2. The van der Waals surface area contributed by atoms with Crippen LogP contribution in [0.1, 0.15) is 51.9 Å². The molecule has 0 bridgehead atoms. The van der Waals surface area contributed by atoms with E-state index in [0.717, 1.165) is 32.1 Å². The second-order valence-electron chi connectivity index (χ2n) is 7.79. The predicted molar refractivity (Wildman–Crippen MR) is 130 cm³/mol. The van der Waals surface area contributed by atoms with E-state index in [1.807, 2.05) is 0 Å². The van der Waals surface area contributed by atoms with Crippen LogP contribution < -0.4 is 0 Å². The summed E-state index contributed by atoms with van der Waals surface area (Å²) >= 11 is 0. The fourth-order valence-electron chi connectivity index (χ4n) is 2.54. The highest BCUT2D eigenvalue weighted by atomic mass is 16.5. The molecule has 0 amide bonds. The average Bonchev–Trinajstić information content (AvgIpc) is 2.83. The minimum absolute atomic E-state index is 0.177. The highest BCUT2D eigenvalue weighted by Crippen LogP contribution is 1.96. The lowest BCUT2D eigenvalue weighted by molar-refractivity contribution is -0.139.